The van der Waals surface area contributed by atoms with E-state index < -0.39 is 0 Å². The van der Waals surface area contributed by atoms with Crippen LogP contribution >= 0.6 is 34.8 Å². The minimum atomic E-state index is 0.740. The molecule has 4 heteroatoms. The van der Waals surface area contributed by atoms with Crippen LogP contribution in [0.15, 0.2) is 30.5 Å². The molecule has 1 heterocycles. The Bertz CT molecular complexity index is 513. The predicted molar refractivity (Wildman–Crippen MR) is 68.4 cm³/mol. The molecular formula is C10H9IN2S. The van der Waals surface area contributed by atoms with Crippen molar-refractivity contribution in [1.82, 2.24) is 9.55 Å². The number of nitrogens with one attached hydrogen (secondary N) is 1. The first kappa shape index (κ1) is 9.92. The predicted octanol–water partition coefficient (Wildman–Crippen LogP) is 3.45. The van der Waals surface area contributed by atoms with Crippen LogP contribution in [-0.2, 0) is 0 Å². The second-order valence-corrected chi connectivity index (χ2v) is 4.72. The molecule has 0 saturated heterocycles. The van der Waals surface area contributed by atoms with E-state index in [0.29, 0.717) is 0 Å². The van der Waals surface area contributed by atoms with Crippen molar-refractivity contribution >= 4 is 34.8 Å². The Kier molecular flexibility index (Phi) is 2.73. The number of benzene rings is 1. The molecule has 0 aliphatic rings. The molecule has 0 radical (unpaired) electrons. The number of hydrogen-bond donors (Lipinski definition) is 1. The van der Waals surface area contributed by atoms with Gasteiger partial charge in [-0.2, -0.15) is 0 Å². The average molecular weight is 316 g/mol. The molecule has 1 N–H and O–H groups in total. The monoisotopic (exact) mass is 316 g/mol. The molecule has 0 saturated carbocycles. The summed E-state index contributed by atoms with van der Waals surface area (Å²) >= 11 is 7.50. The Hall–Kier alpha value is -0.620. The molecule has 2 aromatic rings. The molecule has 0 aliphatic carbocycles. The van der Waals surface area contributed by atoms with E-state index in [9.17, 15) is 0 Å². The van der Waals surface area contributed by atoms with Gasteiger partial charge in [0.15, 0.2) is 4.77 Å². The van der Waals surface area contributed by atoms with E-state index in [4.69, 9.17) is 12.2 Å². The maximum Gasteiger partial charge on any atom is 0.181 e. The Morgan fingerprint density at radius 2 is 2.21 bits per heavy atom. The fourth-order valence-corrected chi connectivity index (χ4v) is 2.18. The Morgan fingerprint density at radius 1 is 1.43 bits per heavy atom. The summed E-state index contributed by atoms with van der Waals surface area (Å²) in [6, 6.07) is 8.24. The third kappa shape index (κ3) is 1.90. The number of hydrogen-bond acceptors (Lipinski definition) is 1. The topological polar surface area (TPSA) is 20.7 Å². The van der Waals surface area contributed by atoms with Gasteiger partial charge in [-0.1, -0.05) is 6.07 Å². The molecule has 14 heavy (non-hydrogen) atoms. The van der Waals surface area contributed by atoms with Crippen molar-refractivity contribution < 1.29 is 0 Å². The van der Waals surface area contributed by atoms with Crippen molar-refractivity contribution in [1.29, 1.82) is 0 Å². The van der Waals surface area contributed by atoms with E-state index in [1.54, 1.807) is 0 Å². The first-order chi connectivity index (χ1) is 6.66. The summed E-state index contributed by atoms with van der Waals surface area (Å²) in [6.07, 6.45) is 2.01. The minimum absolute atomic E-state index is 0.740. The summed E-state index contributed by atoms with van der Waals surface area (Å²) in [5, 5.41) is 0. The number of rotatable bonds is 1. The van der Waals surface area contributed by atoms with Crippen LogP contribution in [0.2, 0.25) is 0 Å². The van der Waals surface area contributed by atoms with Crippen LogP contribution in [0.3, 0.4) is 0 Å². The van der Waals surface area contributed by atoms with E-state index in [1.807, 2.05) is 29.8 Å². The molecule has 0 amide bonds. The second-order valence-electron chi connectivity index (χ2n) is 3.09. The number of halogens is 1. The highest BCUT2D eigenvalue weighted by Crippen LogP contribution is 2.13. The highest BCUT2D eigenvalue weighted by Gasteiger charge is 1.99. The fraction of sp³-hybridized carbons (Fsp3) is 0.100. The molecule has 0 atom stereocenters. The van der Waals surface area contributed by atoms with Gasteiger partial charge in [0.2, 0.25) is 0 Å². The van der Waals surface area contributed by atoms with Gasteiger partial charge in [-0.15, -0.1) is 0 Å². The van der Waals surface area contributed by atoms with Gasteiger partial charge in [0.1, 0.15) is 0 Å². The SMILES string of the molecule is Cc1cn(-c2cccc(I)c2)c(=S)[nH]1. The summed E-state index contributed by atoms with van der Waals surface area (Å²) in [7, 11) is 0. The van der Waals surface area contributed by atoms with Crippen molar-refractivity contribution in [2.45, 2.75) is 6.92 Å². The van der Waals surface area contributed by atoms with Gasteiger partial charge in [-0.3, -0.25) is 4.57 Å². The van der Waals surface area contributed by atoms with Crippen LogP contribution in [-0.4, -0.2) is 9.55 Å². The van der Waals surface area contributed by atoms with Crippen LogP contribution < -0.4 is 0 Å². The van der Waals surface area contributed by atoms with Gasteiger partial charge in [0.05, 0.1) is 0 Å². The van der Waals surface area contributed by atoms with Gasteiger partial charge < -0.3 is 4.98 Å². The molecule has 2 rings (SSSR count). The zero-order valence-electron chi connectivity index (χ0n) is 7.62. The summed E-state index contributed by atoms with van der Waals surface area (Å²) in [5.41, 5.74) is 2.18. The zero-order chi connectivity index (χ0) is 10.1. The van der Waals surface area contributed by atoms with Crippen LogP contribution in [0.4, 0.5) is 0 Å². The second kappa shape index (κ2) is 3.86. The molecule has 0 fully saturated rings. The van der Waals surface area contributed by atoms with Gasteiger partial charge >= 0.3 is 0 Å². The third-order valence-electron chi connectivity index (χ3n) is 1.93. The third-order valence-corrected chi connectivity index (χ3v) is 2.90. The standard InChI is InChI=1S/C10H9IN2S/c1-7-6-13(10(14)12-7)9-4-2-3-8(11)5-9/h2-6H,1H3,(H,12,14). The van der Waals surface area contributed by atoms with Crippen molar-refractivity contribution in [3.8, 4) is 5.69 Å². The molecule has 72 valence electrons. The number of aromatic amines is 1. The van der Waals surface area contributed by atoms with Gasteiger partial charge in [-0.25, -0.2) is 0 Å². The van der Waals surface area contributed by atoms with E-state index in [-0.39, 0.29) is 0 Å². The van der Waals surface area contributed by atoms with Crippen LogP contribution in [0.25, 0.3) is 5.69 Å². The first-order valence-corrected chi connectivity index (χ1v) is 5.70. The summed E-state index contributed by atoms with van der Waals surface area (Å²) < 4.78 is 3.93. The lowest BCUT2D eigenvalue weighted by molar-refractivity contribution is 1.03. The number of nitrogens with zero attached hydrogens (tertiary/aromatic N) is 1. The molecule has 0 unspecified atom stereocenters. The molecule has 1 aromatic heterocycles. The molecule has 2 nitrogen and oxygen atoms in total. The number of aromatic nitrogens is 2. The molecule has 1 aromatic carbocycles. The maximum absolute atomic E-state index is 5.20. The molecular weight excluding hydrogens is 307 g/mol. The quantitative estimate of drug-likeness (QED) is 0.631. The maximum atomic E-state index is 5.20. The van der Waals surface area contributed by atoms with Crippen molar-refractivity contribution in [3.05, 3.63) is 44.5 Å². The van der Waals surface area contributed by atoms with Crippen molar-refractivity contribution in [3.63, 3.8) is 0 Å². The van der Waals surface area contributed by atoms with Crippen LogP contribution in [0.1, 0.15) is 5.69 Å². The Morgan fingerprint density at radius 3 is 2.79 bits per heavy atom. The number of imidazole rings is 1. The Balaban J connectivity index is 2.60. The van der Waals surface area contributed by atoms with Gasteiger partial charge in [0.25, 0.3) is 0 Å². The van der Waals surface area contributed by atoms with Crippen molar-refractivity contribution in [2.24, 2.45) is 0 Å². The lowest BCUT2D eigenvalue weighted by atomic mass is 10.3. The summed E-state index contributed by atoms with van der Waals surface area (Å²) in [5.74, 6) is 0. The van der Waals surface area contributed by atoms with E-state index in [2.05, 4.69) is 39.7 Å². The number of H-pyrrole nitrogens is 1. The fourth-order valence-electron chi connectivity index (χ4n) is 1.33. The Labute approximate surface area is 101 Å². The van der Waals surface area contributed by atoms with Crippen molar-refractivity contribution in [2.75, 3.05) is 0 Å². The van der Waals surface area contributed by atoms with E-state index >= 15 is 0 Å². The molecule has 0 aliphatic heterocycles. The zero-order valence-corrected chi connectivity index (χ0v) is 10.6. The lowest BCUT2D eigenvalue weighted by Gasteiger charge is -2.01. The molecule has 0 bridgehead atoms. The summed E-state index contributed by atoms with van der Waals surface area (Å²) in [4.78, 5) is 3.10. The van der Waals surface area contributed by atoms with Gasteiger partial charge in [-0.05, 0) is 59.9 Å². The normalized spacial score (nSPS) is 10.4. The van der Waals surface area contributed by atoms with Crippen LogP contribution in [0.5, 0.6) is 0 Å². The van der Waals surface area contributed by atoms with Gasteiger partial charge in [0, 0.05) is 21.1 Å². The first-order valence-electron chi connectivity index (χ1n) is 4.21. The molecule has 0 spiro atoms. The van der Waals surface area contributed by atoms with E-state index in [1.165, 1.54) is 3.57 Å². The highest BCUT2D eigenvalue weighted by atomic mass is 127. The highest BCUT2D eigenvalue weighted by molar-refractivity contribution is 14.1. The summed E-state index contributed by atoms with van der Waals surface area (Å²) in [6.45, 7) is 2.00. The smallest absolute Gasteiger partial charge is 0.181 e. The van der Waals surface area contributed by atoms with E-state index in [0.717, 1.165) is 16.2 Å². The lowest BCUT2D eigenvalue weighted by Crippen LogP contribution is -1.91. The van der Waals surface area contributed by atoms with Crippen LogP contribution in [0, 0.1) is 15.3 Å². The largest absolute Gasteiger partial charge is 0.335 e. The average Bonchev–Trinajstić information content (AvgIpc) is 2.45. The minimum Gasteiger partial charge on any atom is -0.335 e. The number of aryl methyl sites for hydroxylation is 1.